The first-order valence-corrected chi connectivity index (χ1v) is 25.3. The van der Waals surface area contributed by atoms with E-state index in [2.05, 4.69) is 34.4 Å². The number of hydrogen-bond donors (Lipinski definition) is 11. The van der Waals surface area contributed by atoms with Gasteiger partial charge in [-0.1, -0.05) is 57.7 Å². The number of imidazole rings is 1. The Morgan fingerprint density at radius 2 is 1.59 bits per heavy atom. The molecule has 364 valence electrons. The van der Waals surface area contributed by atoms with Crippen molar-refractivity contribution in [1.29, 1.82) is 0 Å². The number of fused-ring (bicyclic) bond motifs is 1. The summed E-state index contributed by atoms with van der Waals surface area (Å²) in [5.74, 6) is -2.13. The number of phosphoric acid groups is 3. The summed E-state index contributed by atoms with van der Waals surface area (Å²) >= 11 is 0.946. The Balaban J connectivity index is 1.37. The van der Waals surface area contributed by atoms with Crippen LogP contribution < -0.4 is 16.4 Å². The first-order valence-electron chi connectivity index (χ1n) is 19.8. The van der Waals surface area contributed by atoms with Crippen molar-refractivity contribution < 1.29 is 95.5 Å². The van der Waals surface area contributed by atoms with E-state index < -0.39 is 96.6 Å². The van der Waals surface area contributed by atoms with Gasteiger partial charge in [0.15, 0.2) is 22.8 Å². The number of anilines is 1. The number of nitrogen functional groups attached to an aromatic ring is 1. The molecule has 0 aliphatic carbocycles. The minimum Gasteiger partial charge on any atom is -0.481 e. The zero-order chi connectivity index (χ0) is 47.9. The molecule has 1 aliphatic heterocycles. The fraction of sp³-hybridized carbons (Fsp3) is 0.727. The fourth-order valence-corrected chi connectivity index (χ4v) is 9.58. The predicted octanol–water partition coefficient (Wildman–Crippen LogP) is 0.621. The fourth-order valence-electron chi connectivity index (χ4n) is 6.01. The molecule has 64 heavy (non-hydrogen) atoms. The largest absolute Gasteiger partial charge is 0.481 e. The number of aliphatic carboxylic acids is 1. The van der Waals surface area contributed by atoms with E-state index in [1.165, 1.54) is 13.8 Å². The van der Waals surface area contributed by atoms with Gasteiger partial charge in [0, 0.05) is 43.5 Å². The molecule has 0 bridgehead atoms. The maximum atomic E-state index is 12.7. The van der Waals surface area contributed by atoms with E-state index >= 15 is 0 Å². The molecule has 3 heterocycles. The highest BCUT2D eigenvalue weighted by molar-refractivity contribution is 8.13. The molecule has 1 fully saturated rings. The number of ether oxygens (including phenoxy) is 1. The van der Waals surface area contributed by atoms with Crippen LogP contribution in [0.3, 0.4) is 0 Å². The van der Waals surface area contributed by atoms with Crippen molar-refractivity contribution in [2.45, 2.75) is 115 Å². The van der Waals surface area contributed by atoms with Gasteiger partial charge in [0.2, 0.25) is 11.8 Å². The number of thioether (sulfide) groups is 1. The van der Waals surface area contributed by atoms with Gasteiger partial charge in [-0.3, -0.25) is 37.3 Å². The van der Waals surface area contributed by atoms with Crippen LogP contribution in [-0.4, -0.2) is 145 Å². The van der Waals surface area contributed by atoms with Gasteiger partial charge in [0.05, 0.1) is 25.6 Å². The lowest BCUT2D eigenvalue weighted by atomic mass is 9.87. The van der Waals surface area contributed by atoms with E-state index in [0.717, 1.165) is 61.1 Å². The van der Waals surface area contributed by atoms with Crippen molar-refractivity contribution in [3.8, 4) is 0 Å². The summed E-state index contributed by atoms with van der Waals surface area (Å²) < 4.78 is 62.2. The number of phosphoric ester groups is 3. The number of rotatable bonds is 30. The summed E-state index contributed by atoms with van der Waals surface area (Å²) in [5, 5.41) is 44.9. The highest BCUT2D eigenvalue weighted by Gasteiger charge is 2.50. The van der Waals surface area contributed by atoms with Crippen LogP contribution in [0.2, 0.25) is 0 Å². The summed E-state index contributed by atoms with van der Waals surface area (Å²) in [6.07, 6.45) is -2.41. The van der Waals surface area contributed by atoms with Crippen LogP contribution in [0.4, 0.5) is 5.82 Å². The number of hydrogen-bond acceptors (Lipinski definition) is 20. The number of carboxylic acid groups (broad SMARTS) is 1. The molecule has 0 aromatic carbocycles. The SMILES string of the molecule is CC(C)(COP(=O)(O)OP(=O)(O)OC[C@H]1O[C@@H](n2cnc3c(N)ncnc32)[C@H](O)[C@@H]1OP(=O)(O)O)[C@@H](O)C(=O)NCCC(=O)NCCSC(=O)C[C@@H](O)CCCCCCCCC(=O)O. The molecule has 31 heteroatoms. The molecule has 3 rings (SSSR count). The Morgan fingerprint density at radius 3 is 2.27 bits per heavy atom. The summed E-state index contributed by atoms with van der Waals surface area (Å²) in [6.45, 7) is 0.281. The quantitative estimate of drug-likeness (QED) is 0.0377. The molecule has 2 unspecified atom stereocenters. The highest BCUT2D eigenvalue weighted by Crippen LogP contribution is 2.61. The zero-order valence-corrected chi connectivity index (χ0v) is 38.3. The third-order valence-corrected chi connectivity index (χ3v) is 13.3. The summed E-state index contributed by atoms with van der Waals surface area (Å²) in [6, 6.07) is 0. The van der Waals surface area contributed by atoms with E-state index in [9.17, 15) is 67.8 Å². The second-order valence-corrected chi connectivity index (χ2v) is 20.6. The lowest BCUT2D eigenvalue weighted by Crippen LogP contribution is -2.46. The molecule has 0 radical (unpaired) electrons. The molecule has 0 spiro atoms. The Hall–Kier alpha value is -3.01. The number of aliphatic hydroxyl groups is 3. The molecular formula is C33H56N7O20P3S. The standard InChI is InChI=1S/C33H56N7O20P3S/c1-33(2,28(47)31(48)36-12-11-22(42)35-13-14-64-24(45)15-20(41)9-7-5-3-4-6-8-10-23(43)44)17-57-63(54,55)60-62(52,53)56-16-21-27(59-61(49,50)51)26(46)32(58-21)40-19-39-25-29(34)37-18-38-30(25)40/h18-21,26-28,32,41,46-47H,3-17H2,1-2H3,(H,35,42)(H,36,48)(H,43,44)(H,52,53)(H,54,55)(H2,34,37,38)(H2,49,50,51)/t20-,21+,26+,27+,28-,32+/m0/s1. The van der Waals surface area contributed by atoms with Gasteiger partial charge < -0.3 is 61.1 Å². The van der Waals surface area contributed by atoms with Crippen LogP contribution in [-0.2, 0) is 55.5 Å². The highest BCUT2D eigenvalue weighted by atomic mass is 32.2. The van der Waals surface area contributed by atoms with Gasteiger partial charge in [-0.15, -0.1) is 0 Å². The number of aliphatic hydroxyl groups excluding tert-OH is 3. The average molecular weight is 996 g/mol. The zero-order valence-electron chi connectivity index (χ0n) is 34.8. The Morgan fingerprint density at radius 1 is 0.938 bits per heavy atom. The van der Waals surface area contributed by atoms with Crippen LogP contribution in [0.15, 0.2) is 12.7 Å². The lowest BCUT2D eigenvalue weighted by molar-refractivity contribution is -0.137. The van der Waals surface area contributed by atoms with Gasteiger partial charge in [-0.2, -0.15) is 4.31 Å². The first kappa shape index (κ1) is 55.3. The number of unbranched alkanes of at least 4 members (excludes halogenated alkanes) is 5. The van der Waals surface area contributed by atoms with E-state index in [-0.39, 0.29) is 60.2 Å². The summed E-state index contributed by atoms with van der Waals surface area (Å²) in [7, 11) is -16.5. The smallest absolute Gasteiger partial charge is 0.481 e. The van der Waals surface area contributed by atoms with Gasteiger partial charge >= 0.3 is 29.4 Å². The Labute approximate surface area is 370 Å². The van der Waals surface area contributed by atoms with E-state index in [0.29, 0.717) is 12.8 Å². The van der Waals surface area contributed by atoms with Gasteiger partial charge in [-0.05, 0) is 12.8 Å². The van der Waals surface area contributed by atoms with Gasteiger partial charge in [0.1, 0.15) is 36.3 Å². The van der Waals surface area contributed by atoms with Crippen molar-refractivity contribution in [2.75, 3.05) is 37.8 Å². The first-order chi connectivity index (χ1) is 29.8. The molecule has 2 aromatic rings. The van der Waals surface area contributed by atoms with Crippen LogP contribution in [0.5, 0.6) is 0 Å². The number of carbonyl (C=O) groups excluding carboxylic acids is 3. The average Bonchev–Trinajstić information content (AvgIpc) is 3.75. The number of amides is 2. The number of carboxylic acids is 1. The number of aromatic nitrogens is 4. The topological polar surface area (TPSA) is 421 Å². The molecule has 1 aliphatic rings. The Bertz CT molecular complexity index is 2030. The van der Waals surface area contributed by atoms with Crippen LogP contribution in [0, 0.1) is 5.41 Å². The third-order valence-electron chi connectivity index (χ3n) is 9.35. The maximum Gasteiger partial charge on any atom is 0.481 e. The molecule has 1 saturated heterocycles. The van der Waals surface area contributed by atoms with Crippen molar-refractivity contribution in [1.82, 2.24) is 30.2 Å². The monoisotopic (exact) mass is 995 g/mol. The van der Waals surface area contributed by atoms with Crippen molar-refractivity contribution in [3.63, 3.8) is 0 Å². The number of nitrogens with two attached hydrogens (primary N) is 1. The van der Waals surface area contributed by atoms with E-state index in [1.807, 2.05) is 0 Å². The summed E-state index contributed by atoms with van der Waals surface area (Å²) in [4.78, 5) is 98.6. The molecule has 2 aromatic heterocycles. The normalized spacial score (nSPS) is 20.9. The van der Waals surface area contributed by atoms with Crippen molar-refractivity contribution in [3.05, 3.63) is 12.7 Å². The van der Waals surface area contributed by atoms with E-state index in [4.69, 9.17) is 24.6 Å². The number of nitrogens with one attached hydrogen (secondary N) is 2. The Kier molecular flexibility index (Phi) is 21.8. The molecular weight excluding hydrogens is 939 g/mol. The molecule has 0 saturated carbocycles. The number of carbonyl (C=O) groups is 4. The van der Waals surface area contributed by atoms with Gasteiger partial charge in [0.25, 0.3) is 0 Å². The van der Waals surface area contributed by atoms with Crippen LogP contribution >= 0.6 is 35.2 Å². The van der Waals surface area contributed by atoms with Crippen LogP contribution in [0.25, 0.3) is 11.2 Å². The van der Waals surface area contributed by atoms with Crippen LogP contribution in [0.1, 0.15) is 84.3 Å². The summed E-state index contributed by atoms with van der Waals surface area (Å²) in [5.41, 5.74) is 4.21. The predicted molar refractivity (Wildman–Crippen MR) is 222 cm³/mol. The number of nitrogens with zero attached hydrogens (tertiary/aromatic N) is 4. The maximum absolute atomic E-state index is 12.7. The molecule has 12 N–H and O–H groups in total. The second-order valence-electron chi connectivity index (χ2n) is 15.2. The second kappa shape index (κ2) is 25.2. The molecule has 27 nitrogen and oxygen atoms in total. The van der Waals surface area contributed by atoms with E-state index in [1.54, 1.807) is 0 Å². The van der Waals surface area contributed by atoms with Crippen molar-refractivity contribution in [2.24, 2.45) is 5.41 Å². The minimum absolute atomic E-state index is 0.0203. The third kappa shape index (κ3) is 19.1. The van der Waals surface area contributed by atoms with Crippen molar-refractivity contribution >= 4 is 75.1 Å². The molecule has 8 atom stereocenters. The van der Waals surface area contributed by atoms with Gasteiger partial charge in [-0.25, -0.2) is 28.6 Å². The lowest BCUT2D eigenvalue weighted by Gasteiger charge is -2.30. The minimum atomic E-state index is -5.60. The molecule has 2 amide bonds.